The summed E-state index contributed by atoms with van der Waals surface area (Å²) in [6.07, 6.45) is 2.58. The van der Waals surface area contributed by atoms with Gasteiger partial charge in [0.25, 0.3) is 0 Å². The number of aromatic nitrogens is 5. The molecule has 5 rings (SSSR count). The standard InChI is InChI=1S/C22H22F3N7O/c1-32-6-4-14(5-7-32)33-19-11-26-17-3-2-13(8-18(17)30-19)15-9-27-20-16(15)10-28-21(31-20)29-12-22(23,24)25/h2-3,8-11,14H,4-7,12H2,1H3,(H2,27,28,29,31). The highest BCUT2D eigenvalue weighted by Gasteiger charge is 2.27. The number of rotatable bonds is 5. The fourth-order valence-corrected chi connectivity index (χ4v) is 3.90. The first-order valence-corrected chi connectivity index (χ1v) is 10.6. The molecule has 0 aliphatic carbocycles. The fraction of sp³-hybridized carbons (Fsp3) is 0.364. The van der Waals surface area contributed by atoms with Gasteiger partial charge >= 0.3 is 6.18 Å². The average Bonchev–Trinajstić information content (AvgIpc) is 3.21. The Bertz CT molecular complexity index is 1280. The predicted molar refractivity (Wildman–Crippen MR) is 118 cm³/mol. The van der Waals surface area contributed by atoms with E-state index in [1.54, 1.807) is 12.4 Å². The number of nitrogens with zero attached hydrogens (tertiary/aromatic N) is 5. The molecule has 0 radical (unpaired) electrons. The number of aromatic amines is 1. The van der Waals surface area contributed by atoms with Crippen molar-refractivity contribution >= 4 is 28.0 Å². The number of H-pyrrole nitrogens is 1. The highest BCUT2D eigenvalue weighted by atomic mass is 19.4. The van der Waals surface area contributed by atoms with Crippen LogP contribution in [-0.4, -0.2) is 68.8 Å². The molecule has 1 aromatic carbocycles. The molecule has 4 heterocycles. The molecule has 2 N–H and O–H groups in total. The maximum atomic E-state index is 12.4. The minimum Gasteiger partial charge on any atom is -0.473 e. The molecule has 1 saturated heterocycles. The van der Waals surface area contributed by atoms with Crippen LogP contribution in [0, 0.1) is 0 Å². The smallest absolute Gasteiger partial charge is 0.405 e. The van der Waals surface area contributed by atoms with E-state index in [0.29, 0.717) is 22.4 Å². The van der Waals surface area contributed by atoms with Gasteiger partial charge in [0.05, 0.1) is 17.2 Å². The van der Waals surface area contributed by atoms with Gasteiger partial charge in [0.15, 0.2) is 0 Å². The number of ether oxygens (including phenoxy) is 1. The van der Waals surface area contributed by atoms with Gasteiger partial charge in [0.2, 0.25) is 11.8 Å². The number of hydrogen-bond acceptors (Lipinski definition) is 7. The molecular weight excluding hydrogens is 435 g/mol. The Morgan fingerprint density at radius 3 is 2.73 bits per heavy atom. The summed E-state index contributed by atoms with van der Waals surface area (Å²) in [4.78, 5) is 22.6. The maximum absolute atomic E-state index is 12.4. The molecule has 0 saturated carbocycles. The molecule has 0 unspecified atom stereocenters. The Labute approximate surface area is 187 Å². The lowest BCUT2D eigenvalue weighted by molar-refractivity contribution is -0.115. The van der Waals surface area contributed by atoms with Crippen LogP contribution >= 0.6 is 0 Å². The predicted octanol–water partition coefficient (Wildman–Crippen LogP) is 4.02. The summed E-state index contributed by atoms with van der Waals surface area (Å²) in [5.41, 5.74) is 3.55. The molecule has 1 aliphatic heterocycles. The van der Waals surface area contributed by atoms with E-state index < -0.39 is 12.7 Å². The minimum absolute atomic E-state index is 0.0895. The van der Waals surface area contributed by atoms with Gasteiger partial charge in [-0.2, -0.15) is 18.2 Å². The third kappa shape index (κ3) is 4.82. The van der Waals surface area contributed by atoms with E-state index in [1.165, 1.54) is 6.20 Å². The number of alkyl halides is 3. The topological polar surface area (TPSA) is 91.8 Å². The van der Waals surface area contributed by atoms with Gasteiger partial charge in [0, 0.05) is 36.4 Å². The van der Waals surface area contributed by atoms with E-state index in [2.05, 4.69) is 42.2 Å². The van der Waals surface area contributed by atoms with Crippen molar-refractivity contribution in [3.8, 4) is 17.0 Å². The lowest BCUT2D eigenvalue weighted by atomic mass is 10.1. The lowest BCUT2D eigenvalue weighted by Gasteiger charge is -2.28. The average molecular weight is 457 g/mol. The number of likely N-dealkylation sites (tertiary alicyclic amines) is 1. The zero-order valence-corrected chi connectivity index (χ0v) is 17.9. The largest absolute Gasteiger partial charge is 0.473 e. The van der Waals surface area contributed by atoms with Crippen LogP contribution in [0.2, 0.25) is 0 Å². The Balaban J connectivity index is 1.39. The number of benzene rings is 1. The molecule has 4 aromatic rings. The summed E-state index contributed by atoms with van der Waals surface area (Å²) in [5, 5.41) is 2.88. The molecule has 172 valence electrons. The fourth-order valence-electron chi connectivity index (χ4n) is 3.90. The number of nitrogens with one attached hydrogen (secondary N) is 2. The number of fused-ring (bicyclic) bond motifs is 2. The van der Waals surface area contributed by atoms with Gasteiger partial charge in [-0.25, -0.2) is 15.0 Å². The molecular formula is C22H22F3N7O. The normalized spacial score (nSPS) is 15.9. The van der Waals surface area contributed by atoms with Gasteiger partial charge in [-0.05, 0) is 37.6 Å². The Kier molecular flexibility index (Phi) is 5.49. The van der Waals surface area contributed by atoms with E-state index in [9.17, 15) is 13.2 Å². The quantitative estimate of drug-likeness (QED) is 0.468. The zero-order chi connectivity index (χ0) is 23.0. The van der Waals surface area contributed by atoms with Crippen molar-refractivity contribution in [2.75, 3.05) is 32.0 Å². The molecule has 0 atom stereocenters. The van der Waals surface area contributed by atoms with Crippen molar-refractivity contribution in [3.05, 3.63) is 36.8 Å². The lowest BCUT2D eigenvalue weighted by Crippen LogP contribution is -2.35. The van der Waals surface area contributed by atoms with Crippen LogP contribution < -0.4 is 10.1 Å². The first-order valence-electron chi connectivity index (χ1n) is 10.6. The van der Waals surface area contributed by atoms with Crippen LogP contribution in [0.4, 0.5) is 19.1 Å². The van der Waals surface area contributed by atoms with Crippen molar-refractivity contribution in [3.63, 3.8) is 0 Å². The van der Waals surface area contributed by atoms with Crippen molar-refractivity contribution in [2.24, 2.45) is 0 Å². The van der Waals surface area contributed by atoms with Crippen LogP contribution in [0.25, 0.3) is 33.2 Å². The van der Waals surface area contributed by atoms with Gasteiger partial charge in [-0.3, -0.25) is 0 Å². The molecule has 1 aliphatic rings. The summed E-state index contributed by atoms with van der Waals surface area (Å²) in [7, 11) is 2.10. The van der Waals surface area contributed by atoms with Crippen LogP contribution in [0.5, 0.6) is 5.88 Å². The zero-order valence-electron chi connectivity index (χ0n) is 17.9. The first-order chi connectivity index (χ1) is 15.8. The van der Waals surface area contributed by atoms with Gasteiger partial charge in [-0.15, -0.1) is 0 Å². The summed E-state index contributed by atoms with van der Waals surface area (Å²) in [6, 6.07) is 5.69. The van der Waals surface area contributed by atoms with Crippen molar-refractivity contribution < 1.29 is 17.9 Å². The van der Waals surface area contributed by atoms with Gasteiger partial charge in [0.1, 0.15) is 18.3 Å². The van der Waals surface area contributed by atoms with Crippen LogP contribution in [0.15, 0.2) is 36.8 Å². The SMILES string of the molecule is CN1CCC(Oc2cnc3ccc(-c4c[nH]c5nc(NCC(F)(F)F)ncc45)cc3n2)CC1. The van der Waals surface area contributed by atoms with Gasteiger partial charge < -0.3 is 19.9 Å². The van der Waals surface area contributed by atoms with Gasteiger partial charge in [-0.1, -0.05) is 6.07 Å². The maximum Gasteiger partial charge on any atom is 0.405 e. The van der Waals surface area contributed by atoms with Crippen LogP contribution in [0.1, 0.15) is 12.8 Å². The second kappa shape index (κ2) is 8.47. The number of hydrogen-bond donors (Lipinski definition) is 2. The minimum atomic E-state index is -4.35. The number of anilines is 1. The molecule has 0 bridgehead atoms. The summed E-state index contributed by atoms with van der Waals surface area (Å²) in [6.45, 7) is 0.787. The molecule has 33 heavy (non-hydrogen) atoms. The third-order valence-electron chi connectivity index (χ3n) is 5.66. The third-order valence-corrected chi connectivity index (χ3v) is 5.66. The molecule has 0 amide bonds. The van der Waals surface area contributed by atoms with E-state index in [0.717, 1.165) is 42.6 Å². The van der Waals surface area contributed by atoms with E-state index in [4.69, 9.17) is 4.74 Å². The number of halogens is 3. The number of piperidine rings is 1. The molecule has 8 nitrogen and oxygen atoms in total. The Hall–Kier alpha value is -3.47. The van der Waals surface area contributed by atoms with Crippen molar-refractivity contribution in [1.82, 2.24) is 29.8 Å². The summed E-state index contributed by atoms with van der Waals surface area (Å²) in [5.74, 6) is 0.408. The van der Waals surface area contributed by atoms with E-state index in [1.807, 2.05) is 18.2 Å². The molecule has 1 fully saturated rings. The highest BCUT2D eigenvalue weighted by molar-refractivity contribution is 5.95. The monoisotopic (exact) mass is 457 g/mol. The summed E-state index contributed by atoms with van der Waals surface area (Å²) >= 11 is 0. The van der Waals surface area contributed by atoms with Crippen LogP contribution in [-0.2, 0) is 0 Å². The second-order valence-corrected chi connectivity index (χ2v) is 8.16. The highest BCUT2D eigenvalue weighted by Crippen LogP contribution is 2.30. The van der Waals surface area contributed by atoms with Crippen LogP contribution in [0.3, 0.4) is 0 Å². The Morgan fingerprint density at radius 2 is 1.94 bits per heavy atom. The first kappa shape index (κ1) is 21.4. The van der Waals surface area contributed by atoms with Crippen molar-refractivity contribution in [1.29, 1.82) is 0 Å². The second-order valence-electron chi connectivity index (χ2n) is 8.16. The summed E-state index contributed by atoms with van der Waals surface area (Å²) < 4.78 is 43.4. The molecule has 11 heteroatoms. The van der Waals surface area contributed by atoms with E-state index >= 15 is 0 Å². The Morgan fingerprint density at radius 1 is 1.12 bits per heavy atom. The molecule has 3 aromatic heterocycles. The van der Waals surface area contributed by atoms with E-state index in [-0.39, 0.29) is 12.1 Å². The molecule has 0 spiro atoms. The van der Waals surface area contributed by atoms with Crippen molar-refractivity contribution in [2.45, 2.75) is 25.1 Å².